The molecule has 0 spiro atoms. The second kappa shape index (κ2) is 8.08. The largest absolute Gasteiger partial charge is 0.506 e. The predicted molar refractivity (Wildman–Crippen MR) is 129 cm³/mol. The molecule has 0 unspecified atom stereocenters. The molecule has 0 saturated heterocycles. The average Bonchev–Trinajstić information content (AvgIpc) is 3.43. The van der Waals surface area contributed by atoms with Gasteiger partial charge in [0.05, 0.1) is 5.56 Å². The molecule has 10 nitrogen and oxygen atoms in total. The Morgan fingerprint density at radius 1 is 0.829 bits per heavy atom. The lowest BCUT2D eigenvalue weighted by Gasteiger charge is -2.23. The lowest BCUT2D eigenvalue weighted by Crippen LogP contribution is -2.27. The third kappa shape index (κ3) is 4.14. The van der Waals surface area contributed by atoms with Gasteiger partial charge in [-0.2, -0.15) is 0 Å². The molecule has 5 rings (SSSR count). The zero-order valence-electron chi connectivity index (χ0n) is 19.7. The van der Waals surface area contributed by atoms with Gasteiger partial charge in [0.2, 0.25) is 0 Å². The summed E-state index contributed by atoms with van der Waals surface area (Å²) in [6, 6.07) is 13.2. The van der Waals surface area contributed by atoms with Crippen molar-refractivity contribution in [3.63, 3.8) is 0 Å². The highest BCUT2D eigenvalue weighted by molar-refractivity contribution is 5.93. The molecule has 0 amide bonds. The van der Waals surface area contributed by atoms with Gasteiger partial charge in [0, 0.05) is 12.1 Å². The van der Waals surface area contributed by atoms with Crippen molar-refractivity contribution in [3.8, 4) is 22.9 Å². The maximum atomic E-state index is 12.5. The fourth-order valence-corrected chi connectivity index (χ4v) is 3.54. The molecular weight excluding hydrogens is 448 g/mol. The van der Waals surface area contributed by atoms with E-state index < -0.39 is 11.6 Å². The molecule has 0 aliphatic carbocycles. The second-order valence-electron chi connectivity index (χ2n) is 9.01. The number of phenols is 2. The minimum atomic E-state index is -0.581. The second-order valence-corrected chi connectivity index (χ2v) is 9.01. The number of aromatic hydroxyl groups is 2. The van der Waals surface area contributed by atoms with Crippen molar-refractivity contribution in [3.05, 3.63) is 59.7 Å². The number of hydrogen-bond acceptors (Lipinski definition) is 8. The minimum absolute atomic E-state index is 0.159. The Hall–Kier alpha value is -4.47. The summed E-state index contributed by atoms with van der Waals surface area (Å²) in [5.74, 6) is -0.797. The van der Waals surface area contributed by atoms with E-state index in [4.69, 9.17) is 4.74 Å². The molecule has 2 aromatic heterocycles. The predicted octanol–water partition coefficient (Wildman–Crippen LogP) is 4.22. The van der Waals surface area contributed by atoms with Gasteiger partial charge in [-0.05, 0) is 63.1 Å². The maximum absolute atomic E-state index is 12.5. The van der Waals surface area contributed by atoms with Crippen LogP contribution in [0.15, 0.2) is 48.5 Å². The number of esters is 1. The zero-order chi connectivity index (χ0) is 24.9. The Morgan fingerprint density at radius 3 is 1.91 bits per heavy atom. The number of phenolic OH excluding ortho intramolecular Hbond substituents is 2. The molecule has 2 heterocycles. The van der Waals surface area contributed by atoms with Gasteiger partial charge in [-0.25, -0.2) is 4.79 Å². The molecule has 0 atom stereocenters. The smallest absolute Gasteiger partial charge is 0.338 e. The number of aromatic nitrogens is 6. The van der Waals surface area contributed by atoms with Crippen LogP contribution in [0.2, 0.25) is 0 Å². The van der Waals surface area contributed by atoms with Crippen LogP contribution in [0.3, 0.4) is 0 Å². The number of ether oxygens (including phenoxy) is 1. The monoisotopic (exact) mass is 472 g/mol. The van der Waals surface area contributed by atoms with Crippen molar-refractivity contribution in [1.29, 1.82) is 0 Å². The summed E-state index contributed by atoms with van der Waals surface area (Å²) in [7, 11) is 0. The standard InChI is InChI=1S/C25H24N6O4/c1-5-25(3,4)35-24(34)15-7-9-17-19(11-15)29-31(27-17)21-13-22(32)20(12-23(21)33)30-26-16-8-6-14(2)10-18(16)28-30/h6-13,32-33H,5H2,1-4H3. The van der Waals surface area contributed by atoms with E-state index in [1.54, 1.807) is 18.2 Å². The van der Waals surface area contributed by atoms with Crippen LogP contribution in [0.4, 0.5) is 0 Å². The fraction of sp³-hybridized carbons (Fsp3) is 0.240. The van der Waals surface area contributed by atoms with Gasteiger partial charge in [0.25, 0.3) is 0 Å². The van der Waals surface area contributed by atoms with Crippen LogP contribution in [0, 0.1) is 6.92 Å². The molecule has 0 bridgehead atoms. The van der Waals surface area contributed by atoms with E-state index in [9.17, 15) is 15.0 Å². The van der Waals surface area contributed by atoms with Crippen LogP contribution in [0.5, 0.6) is 11.5 Å². The van der Waals surface area contributed by atoms with Crippen LogP contribution >= 0.6 is 0 Å². The lowest BCUT2D eigenvalue weighted by molar-refractivity contribution is -0.00242. The Morgan fingerprint density at radius 2 is 1.34 bits per heavy atom. The fourth-order valence-electron chi connectivity index (χ4n) is 3.54. The lowest BCUT2D eigenvalue weighted by atomic mass is 10.1. The number of carbonyl (C=O) groups is 1. The van der Waals surface area contributed by atoms with Crippen LogP contribution < -0.4 is 0 Å². The first-order valence-electron chi connectivity index (χ1n) is 11.1. The molecule has 5 aromatic rings. The number of hydrogen-bond donors (Lipinski definition) is 2. The summed E-state index contributed by atoms with van der Waals surface area (Å²) >= 11 is 0. The molecule has 0 radical (unpaired) electrons. The van der Waals surface area contributed by atoms with Gasteiger partial charge in [-0.1, -0.05) is 13.0 Å². The number of rotatable bonds is 5. The summed E-state index contributed by atoms with van der Waals surface area (Å²) in [4.78, 5) is 15.0. The van der Waals surface area contributed by atoms with Gasteiger partial charge in [-0.3, -0.25) is 0 Å². The molecule has 35 heavy (non-hydrogen) atoms. The highest BCUT2D eigenvalue weighted by Gasteiger charge is 2.22. The molecule has 10 heteroatoms. The highest BCUT2D eigenvalue weighted by Crippen LogP contribution is 2.32. The van der Waals surface area contributed by atoms with Crippen molar-refractivity contribution in [2.75, 3.05) is 0 Å². The Balaban J connectivity index is 1.49. The number of carbonyl (C=O) groups excluding carboxylic acids is 1. The quantitative estimate of drug-likeness (QED) is 0.287. The number of nitrogens with zero attached hydrogens (tertiary/aromatic N) is 6. The van der Waals surface area contributed by atoms with Gasteiger partial charge < -0.3 is 14.9 Å². The number of benzene rings is 3. The van der Waals surface area contributed by atoms with E-state index in [1.165, 1.54) is 21.7 Å². The molecule has 0 fully saturated rings. The van der Waals surface area contributed by atoms with Gasteiger partial charge in [0.15, 0.2) is 0 Å². The van der Waals surface area contributed by atoms with E-state index >= 15 is 0 Å². The topological polar surface area (TPSA) is 128 Å². The first kappa shape index (κ1) is 22.3. The third-order valence-corrected chi connectivity index (χ3v) is 5.87. The van der Waals surface area contributed by atoms with Crippen molar-refractivity contribution >= 4 is 28.0 Å². The number of aryl methyl sites for hydroxylation is 1. The first-order valence-corrected chi connectivity index (χ1v) is 11.1. The van der Waals surface area contributed by atoms with E-state index in [1.807, 2.05) is 45.9 Å². The Kier molecular flexibility index (Phi) is 5.16. The summed E-state index contributed by atoms with van der Waals surface area (Å²) in [6.45, 7) is 7.60. The van der Waals surface area contributed by atoms with Crippen LogP contribution in [-0.2, 0) is 4.74 Å². The Labute approximate surface area is 200 Å². The van der Waals surface area contributed by atoms with Crippen molar-refractivity contribution in [2.24, 2.45) is 0 Å². The van der Waals surface area contributed by atoms with Gasteiger partial charge >= 0.3 is 5.97 Å². The van der Waals surface area contributed by atoms with E-state index in [2.05, 4.69) is 20.4 Å². The minimum Gasteiger partial charge on any atom is -0.506 e. The normalized spacial score (nSPS) is 11.9. The molecule has 2 N–H and O–H groups in total. The van der Waals surface area contributed by atoms with Crippen molar-refractivity contribution < 1.29 is 19.7 Å². The van der Waals surface area contributed by atoms with E-state index in [-0.39, 0.29) is 22.9 Å². The third-order valence-electron chi connectivity index (χ3n) is 5.87. The summed E-state index contributed by atoms with van der Waals surface area (Å²) in [5.41, 5.74) is 3.45. The average molecular weight is 473 g/mol. The highest BCUT2D eigenvalue weighted by atomic mass is 16.6. The Bertz CT molecular complexity index is 1600. The SMILES string of the molecule is CCC(C)(C)OC(=O)c1ccc2nn(-c3cc(O)c(-n4nc5ccc(C)cc5n4)cc3O)nc2c1. The van der Waals surface area contributed by atoms with E-state index in [0.29, 0.717) is 34.1 Å². The van der Waals surface area contributed by atoms with Crippen molar-refractivity contribution in [1.82, 2.24) is 30.0 Å². The summed E-state index contributed by atoms with van der Waals surface area (Å²) in [5, 5.41) is 38.9. The molecule has 0 saturated carbocycles. The molecular formula is C25H24N6O4. The first-order chi connectivity index (χ1) is 16.6. The van der Waals surface area contributed by atoms with Crippen molar-refractivity contribution in [2.45, 2.75) is 39.7 Å². The maximum Gasteiger partial charge on any atom is 0.338 e. The van der Waals surface area contributed by atoms with Crippen LogP contribution in [0.1, 0.15) is 43.1 Å². The van der Waals surface area contributed by atoms with E-state index in [0.717, 1.165) is 5.56 Å². The molecule has 178 valence electrons. The molecule has 0 aliphatic rings. The zero-order valence-corrected chi connectivity index (χ0v) is 19.7. The van der Waals surface area contributed by atoms with Crippen LogP contribution in [-0.4, -0.2) is 51.8 Å². The van der Waals surface area contributed by atoms with Crippen LogP contribution in [0.25, 0.3) is 33.4 Å². The molecule has 3 aromatic carbocycles. The van der Waals surface area contributed by atoms with Gasteiger partial charge in [0.1, 0.15) is 50.5 Å². The molecule has 0 aliphatic heterocycles. The summed E-state index contributed by atoms with van der Waals surface area (Å²) in [6.07, 6.45) is 0.680. The van der Waals surface area contributed by atoms with Gasteiger partial charge in [-0.15, -0.1) is 30.0 Å². The number of fused-ring (bicyclic) bond motifs is 2. The summed E-state index contributed by atoms with van der Waals surface area (Å²) < 4.78 is 5.55.